The number of benzene rings is 1. The molecular formula is C14H17ClN2O2S2. The summed E-state index contributed by atoms with van der Waals surface area (Å²) in [5.74, 6) is 0. The van der Waals surface area contributed by atoms with Crippen molar-refractivity contribution in [1.29, 1.82) is 0 Å². The summed E-state index contributed by atoms with van der Waals surface area (Å²) >= 11 is 7.62. The Hall–Kier alpha value is -1.08. The minimum atomic E-state index is -3.68. The van der Waals surface area contributed by atoms with Gasteiger partial charge in [-0.1, -0.05) is 11.6 Å². The van der Waals surface area contributed by atoms with Crippen LogP contribution in [0.5, 0.6) is 0 Å². The van der Waals surface area contributed by atoms with E-state index in [1.807, 2.05) is 26.0 Å². The van der Waals surface area contributed by atoms with Crippen molar-refractivity contribution in [1.82, 2.24) is 4.72 Å². The molecule has 0 aliphatic heterocycles. The number of nitrogen functional groups attached to an aromatic ring is 1. The molecule has 0 aliphatic rings. The minimum Gasteiger partial charge on any atom is -0.399 e. The Labute approximate surface area is 134 Å². The van der Waals surface area contributed by atoms with E-state index in [-0.39, 0.29) is 16.0 Å². The molecule has 0 saturated carbocycles. The largest absolute Gasteiger partial charge is 0.399 e. The quantitative estimate of drug-likeness (QED) is 0.818. The van der Waals surface area contributed by atoms with Crippen molar-refractivity contribution in [2.24, 2.45) is 0 Å². The molecule has 0 amide bonds. The van der Waals surface area contributed by atoms with E-state index in [4.69, 9.17) is 17.3 Å². The lowest BCUT2D eigenvalue weighted by molar-refractivity contribution is 0.561. The maximum Gasteiger partial charge on any atom is 0.242 e. The molecular weight excluding hydrogens is 328 g/mol. The summed E-state index contributed by atoms with van der Waals surface area (Å²) in [5.41, 5.74) is 5.99. The zero-order valence-corrected chi connectivity index (χ0v) is 14.1. The summed E-state index contributed by atoms with van der Waals surface area (Å²) in [4.78, 5) is 2.36. The third-order valence-corrected chi connectivity index (χ3v) is 6.00. The van der Waals surface area contributed by atoms with Crippen LogP contribution in [0.2, 0.25) is 5.02 Å². The van der Waals surface area contributed by atoms with Gasteiger partial charge in [-0.25, -0.2) is 13.1 Å². The highest BCUT2D eigenvalue weighted by atomic mass is 35.5. The molecule has 4 nitrogen and oxygen atoms in total. The second-order valence-corrected chi connectivity index (χ2v) is 8.39. The zero-order valence-electron chi connectivity index (χ0n) is 11.8. The van der Waals surface area contributed by atoms with Gasteiger partial charge >= 0.3 is 0 Å². The first-order chi connectivity index (χ1) is 9.78. The van der Waals surface area contributed by atoms with Crippen LogP contribution in [0.15, 0.2) is 35.2 Å². The second kappa shape index (κ2) is 6.36. The maximum atomic E-state index is 12.4. The van der Waals surface area contributed by atoms with Crippen molar-refractivity contribution in [3.05, 3.63) is 45.1 Å². The van der Waals surface area contributed by atoms with Crippen molar-refractivity contribution in [3.8, 4) is 0 Å². The van der Waals surface area contributed by atoms with Crippen molar-refractivity contribution in [3.63, 3.8) is 0 Å². The van der Waals surface area contributed by atoms with Crippen LogP contribution in [0.1, 0.15) is 16.7 Å². The second-order valence-electron chi connectivity index (χ2n) is 4.93. The molecule has 0 fully saturated rings. The fraction of sp³-hybridized carbons (Fsp3) is 0.286. The number of anilines is 1. The van der Waals surface area contributed by atoms with Crippen LogP contribution in [0.4, 0.5) is 5.69 Å². The Bertz CT molecular complexity index is 741. The van der Waals surface area contributed by atoms with Crippen molar-refractivity contribution in [2.45, 2.75) is 31.2 Å². The first-order valence-corrected chi connectivity index (χ1v) is 9.08. The minimum absolute atomic E-state index is 0.0124. The summed E-state index contributed by atoms with van der Waals surface area (Å²) in [6.07, 6.45) is 0.637. The topological polar surface area (TPSA) is 72.2 Å². The van der Waals surface area contributed by atoms with Gasteiger partial charge in [-0.15, -0.1) is 11.3 Å². The van der Waals surface area contributed by atoms with E-state index < -0.39 is 10.0 Å². The summed E-state index contributed by atoms with van der Waals surface area (Å²) in [6.45, 7) is 3.85. The molecule has 2 aromatic rings. The van der Waals surface area contributed by atoms with Crippen LogP contribution in [-0.2, 0) is 16.4 Å². The van der Waals surface area contributed by atoms with Gasteiger partial charge in [0.1, 0.15) is 4.90 Å². The number of aryl methyl sites for hydroxylation is 1. The lowest BCUT2D eigenvalue weighted by atomic mass is 10.2. The number of rotatable bonds is 5. The predicted octanol–water partition coefficient (Wildman–Crippen LogP) is 3.20. The summed E-state index contributed by atoms with van der Waals surface area (Å²) < 4.78 is 27.4. The van der Waals surface area contributed by atoms with Gasteiger partial charge in [-0.2, -0.15) is 0 Å². The summed E-state index contributed by atoms with van der Waals surface area (Å²) in [7, 11) is -3.68. The third kappa shape index (κ3) is 4.20. The normalized spacial score (nSPS) is 13.3. The monoisotopic (exact) mass is 344 g/mol. The lowest BCUT2D eigenvalue weighted by Crippen LogP contribution is -2.34. The van der Waals surface area contributed by atoms with Crippen molar-refractivity contribution in [2.75, 3.05) is 5.73 Å². The molecule has 7 heteroatoms. The van der Waals surface area contributed by atoms with Gasteiger partial charge in [0.2, 0.25) is 10.0 Å². The van der Waals surface area contributed by atoms with Gasteiger partial charge in [0.05, 0.1) is 5.02 Å². The van der Waals surface area contributed by atoms with Gasteiger partial charge in [0, 0.05) is 21.5 Å². The fourth-order valence-corrected chi connectivity index (χ4v) is 4.79. The zero-order chi connectivity index (χ0) is 15.6. The molecule has 1 aromatic carbocycles. The van der Waals surface area contributed by atoms with E-state index in [0.717, 1.165) is 4.88 Å². The molecule has 114 valence electrons. The fourth-order valence-electron chi connectivity index (χ4n) is 1.99. The maximum absolute atomic E-state index is 12.4. The highest BCUT2D eigenvalue weighted by Gasteiger charge is 2.21. The molecule has 0 radical (unpaired) electrons. The van der Waals surface area contributed by atoms with Crippen LogP contribution in [0, 0.1) is 6.92 Å². The molecule has 1 unspecified atom stereocenters. The molecule has 1 aromatic heterocycles. The Kier molecular flexibility index (Phi) is 4.93. The molecule has 21 heavy (non-hydrogen) atoms. The number of hydrogen-bond acceptors (Lipinski definition) is 4. The van der Waals surface area contributed by atoms with Gasteiger partial charge < -0.3 is 5.73 Å². The van der Waals surface area contributed by atoms with Crippen LogP contribution < -0.4 is 10.5 Å². The van der Waals surface area contributed by atoms with E-state index in [1.165, 1.54) is 17.0 Å². The summed E-state index contributed by atoms with van der Waals surface area (Å²) in [5, 5.41) is 0.163. The van der Waals surface area contributed by atoms with Crippen LogP contribution in [-0.4, -0.2) is 14.5 Å². The summed E-state index contributed by atoms with van der Waals surface area (Å²) in [6, 6.07) is 8.23. The number of thiophene rings is 1. The van der Waals surface area contributed by atoms with E-state index >= 15 is 0 Å². The van der Waals surface area contributed by atoms with E-state index in [9.17, 15) is 8.42 Å². The number of nitrogens with two attached hydrogens (primary N) is 1. The molecule has 0 bridgehead atoms. The molecule has 2 rings (SSSR count). The molecule has 1 atom stereocenters. The average Bonchev–Trinajstić information content (AvgIpc) is 2.76. The SMILES string of the molecule is Cc1ccc(CC(C)NS(=O)(=O)c2cc(N)ccc2Cl)s1. The Morgan fingerprint density at radius 2 is 2.05 bits per heavy atom. The van der Waals surface area contributed by atoms with Crippen molar-refractivity contribution >= 4 is 38.6 Å². The van der Waals surface area contributed by atoms with Gasteiger partial charge in [0.15, 0.2) is 0 Å². The van der Waals surface area contributed by atoms with E-state index in [1.54, 1.807) is 17.4 Å². The van der Waals surface area contributed by atoms with Gasteiger partial charge in [-0.05, 0) is 50.6 Å². The Morgan fingerprint density at radius 1 is 1.33 bits per heavy atom. The number of hydrogen-bond donors (Lipinski definition) is 2. The van der Waals surface area contributed by atoms with E-state index in [2.05, 4.69) is 4.72 Å². The Morgan fingerprint density at radius 3 is 2.67 bits per heavy atom. The van der Waals surface area contributed by atoms with Crippen LogP contribution >= 0.6 is 22.9 Å². The first-order valence-electron chi connectivity index (χ1n) is 6.40. The first kappa shape index (κ1) is 16.3. The molecule has 0 aliphatic carbocycles. The highest BCUT2D eigenvalue weighted by molar-refractivity contribution is 7.89. The van der Waals surface area contributed by atoms with Crippen LogP contribution in [0.3, 0.4) is 0 Å². The Balaban J connectivity index is 2.15. The smallest absolute Gasteiger partial charge is 0.242 e. The highest BCUT2D eigenvalue weighted by Crippen LogP contribution is 2.24. The number of sulfonamides is 1. The molecule has 0 spiro atoms. The third-order valence-electron chi connectivity index (χ3n) is 2.90. The number of halogens is 1. The predicted molar refractivity (Wildman–Crippen MR) is 88.4 cm³/mol. The van der Waals surface area contributed by atoms with Crippen molar-refractivity contribution < 1.29 is 8.42 Å². The molecule has 3 N–H and O–H groups in total. The van der Waals surface area contributed by atoms with E-state index in [0.29, 0.717) is 12.1 Å². The average molecular weight is 345 g/mol. The molecule has 0 saturated heterocycles. The van der Waals surface area contributed by atoms with Gasteiger partial charge in [0.25, 0.3) is 0 Å². The van der Waals surface area contributed by atoms with Crippen LogP contribution in [0.25, 0.3) is 0 Å². The van der Waals surface area contributed by atoms with Gasteiger partial charge in [-0.3, -0.25) is 0 Å². The lowest BCUT2D eigenvalue weighted by Gasteiger charge is -2.14. The number of nitrogens with one attached hydrogen (secondary N) is 1. The molecule has 1 heterocycles. The standard InChI is InChI=1S/C14H17ClN2O2S2/c1-9(7-12-5-3-10(2)20-12)17-21(18,19)14-8-11(16)4-6-13(14)15/h3-6,8-9,17H,7,16H2,1-2H3.